The maximum atomic E-state index is 13.0. The zero-order chi connectivity index (χ0) is 21.2. The summed E-state index contributed by atoms with van der Waals surface area (Å²) in [5, 5.41) is 5.43. The molecule has 2 amide bonds. The average Bonchev–Trinajstić information content (AvgIpc) is 3.36. The maximum absolute atomic E-state index is 13.0. The molecule has 0 saturated heterocycles. The number of halogens is 1. The Morgan fingerprint density at radius 3 is 2.52 bits per heavy atom. The largest absolute Gasteiger partial charge is 0.444 e. The number of benzene rings is 1. The van der Waals surface area contributed by atoms with Crippen LogP contribution in [0.5, 0.6) is 0 Å². The van der Waals surface area contributed by atoms with Gasteiger partial charge in [-0.25, -0.2) is 14.2 Å². The van der Waals surface area contributed by atoms with Crippen LogP contribution >= 0.6 is 0 Å². The van der Waals surface area contributed by atoms with E-state index in [-0.39, 0.29) is 12.3 Å². The number of pyridine rings is 1. The van der Waals surface area contributed by atoms with E-state index in [2.05, 4.69) is 15.6 Å². The molecule has 1 aliphatic carbocycles. The molecule has 6 nitrogen and oxygen atoms in total. The fourth-order valence-corrected chi connectivity index (χ4v) is 2.89. The van der Waals surface area contributed by atoms with Gasteiger partial charge in [-0.15, -0.1) is 0 Å². The minimum absolute atomic E-state index is 0.281. The van der Waals surface area contributed by atoms with E-state index in [9.17, 15) is 14.0 Å². The van der Waals surface area contributed by atoms with Crippen LogP contribution in [0, 0.1) is 12.8 Å². The van der Waals surface area contributed by atoms with E-state index >= 15 is 0 Å². The smallest absolute Gasteiger partial charge is 0.407 e. The molecule has 7 heteroatoms. The van der Waals surface area contributed by atoms with Crippen molar-refractivity contribution in [3.05, 3.63) is 47.7 Å². The van der Waals surface area contributed by atoms with Gasteiger partial charge >= 0.3 is 6.09 Å². The number of ether oxygens (including phenoxy) is 1. The van der Waals surface area contributed by atoms with E-state index in [4.69, 9.17) is 4.74 Å². The zero-order valence-corrected chi connectivity index (χ0v) is 17.1. The first-order valence-corrected chi connectivity index (χ1v) is 9.60. The van der Waals surface area contributed by atoms with E-state index < -0.39 is 23.8 Å². The third-order valence-corrected chi connectivity index (χ3v) is 4.56. The van der Waals surface area contributed by atoms with Crippen molar-refractivity contribution < 1.29 is 18.7 Å². The molecule has 1 saturated carbocycles. The molecule has 2 aromatic rings. The number of aromatic nitrogens is 1. The third-order valence-electron chi connectivity index (χ3n) is 4.56. The summed E-state index contributed by atoms with van der Waals surface area (Å²) in [4.78, 5) is 27.9. The third kappa shape index (κ3) is 5.76. The lowest BCUT2D eigenvalue weighted by Crippen LogP contribution is -2.32. The highest BCUT2D eigenvalue weighted by Crippen LogP contribution is 2.34. The predicted octanol–water partition coefficient (Wildman–Crippen LogP) is 4.38. The van der Waals surface area contributed by atoms with Gasteiger partial charge in [0.15, 0.2) is 0 Å². The quantitative estimate of drug-likeness (QED) is 0.782. The van der Waals surface area contributed by atoms with Gasteiger partial charge in [0.1, 0.15) is 17.6 Å². The molecule has 1 fully saturated rings. The molecule has 1 heterocycles. The number of alkyl carbamates (subject to hydrolysis) is 1. The van der Waals surface area contributed by atoms with Crippen LogP contribution in [0.1, 0.15) is 38.3 Å². The van der Waals surface area contributed by atoms with Crippen molar-refractivity contribution in [2.75, 3.05) is 5.32 Å². The summed E-state index contributed by atoms with van der Waals surface area (Å²) < 4.78 is 18.3. The Balaban J connectivity index is 1.66. The Bertz CT molecular complexity index is 924. The molecular weight excluding hydrogens is 373 g/mol. The van der Waals surface area contributed by atoms with Crippen molar-refractivity contribution in [2.24, 2.45) is 5.92 Å². The van der Waals surface area contributed by atoms with Crippen LogP contribution in [0.15, 0.2) is 36.5 Å². The van der Waals surface area contributed by atoms with Crippen LogP contribution in [0.4, 0.5) is 15.0 Å². The number of hydrogen-bond acceptors (Lipinski definition) is 4. The topological polar surface area (TPSA) is 80.3 Å². The summed E-state index contributed by atoms with van der Waals surface area (Å²) in [5.41, 5.74) is 3.29. The van der Waals surface area contributed by atoms with Crippen molar-refractivity contribution in [1.29, 1.82) is 0 Å². The summed E-state index contributed by atoms with van der Waals surface area (Å²) >= 11 is 0. The average molecular weight is 399 g/mol. The molecule has 0 aliphatic heterocycles. The first-order chi connectivity index (χ1) is 13.6. The molecule has 2 atom stereocenters. The number of carbonyl (C=O) groups is 2. The molecule has 1 aromatic carbocycles. The Morgan fingerprint density at radius 1 is 1.21 bits per heavy atom. The van der Waals surface area contributed by atoms with Gasteiger partial charge < -0.3 is 15.4 Å². The molecule has 3 rings (SSSR count). The summed E-state index contributed by atoms with van der Waals surface area (Å²) in [6.45, 7) is 7.79. The fourth-order valence-electron chi connectivity index (χ4n) is 2.89. The second-order valence-corrected chi connectivity index (χ2v) is 8.27. The van der Waals surface area contributed by atoms with Crippen molar-refractivity contribution in [1.82, 2.24) is 10.3 Å². The number of aryl methyl sites for hydroxylation is 1. The van der Waals surface area contributed by atoms with Crippen molar-refractivity contribution in [3.8, 4) is 11.1 Å². The van der Waals surface area contributed by atoms with E-state index in [0.717, 1.165) is 22.3 Å². The molecule has 29 heavy (non-hydrogen) atoms. The van der Waals surface area contributed by atoms with Gasteiger partial charge in [-0.1, -0.05) is 18.2 Å². The van der Waals surface area contributed by atoms with Gasteiger partial charge in [-0.05, 0) is 68.5 Å². The highest BCUT2D eigenvalue weighted by Gasteiger charge is 2.43. The van der Waals surface area contributed by atoms with Crippen LogP contribution in [0.3, 0.4) is 0 Å². The summed E-state index contributed by atoms with van der Waals surface area (Å²) in [7, 11) is 0. The number of rotatable bonds is 5. The van der Waals surface area contributed by atoms with Crippen molar-refractivity contribution >= 4 is 17.8 Å². The van der Waals surface area contributed by atoms with Gasteiger partial charge in [0, 0.05) is 12.7 Å². The fraction of sp³-hybridized carbons (Fsp3) is 0.409. The minimum Gasteiger partial charge on any atom is -0.444 e. The number of anilines is 1. The van der Waals surface area contributed by atoms with Gasteiger partial charge in [0.2, 0.25) is 5.91 Å². The second-order valence-electron chi connectivity index (χ2n) is 8.27. The molecule has 0 bridgehead atoms. The predicted molar refractivity (Wildman–Crippen MR) is 109 cm³/mol. The Labute approximate surface area is 169 Å². The molecule has 1 aromatic heterocycles. The van der Waals surface area contributed by atoms with E-state index in [1.165, 1.54) is 0 Å². The van der Waals surface area contributed by atoms with E-state index in [1.807, 2.05) is 52.0 Å². The summed E-state index contributed by atoms with van der Waals surface area (Å²) in [6, 6.07) is 9.50. The lowest BCUT2D eigenvalue weighted by atomic mass is 10.0. The minimum atomic E-state index is -1.04. The van der Waals surface area contributed by atoms with Gasteiger partial charge in [0.25, 0.3) is 0 Å². The standard InChI is InChI=1S/C22H26FN3O3/c1-13-9-14(5-6-16(13)12-25-21(28)29-22(2,3)4)15-7-8-24-19(10-15)26-20(27)17-11-18(17)23/h5-10,17-18H,11-12H2,1-4H3,(H,25,28)(H,24,26,27)/t17-,18?/m1/s1. The Morgan fingerprint density at radius 2 is 1.90 bits per heavy atom. The number of amides is 2. The summed E-state index contributed by atoms with van der Waals surface area (Å²) in [6.07, 6.45) is 0.394. The SMILES string of the molecule is Cc1cc(-c2ccnc(NC(=O)[C@@H]3CC3F)c2)ccc1CNC(=O)OC(C)(C)C. The summed E-state index contributed by atoms with van der Waals surface area (Å²) in [5.74, 6) is -0.485. The van der Waals surface area contributed by atoms with Crippen LogP contribution in [0.2, 0.25) is 0 Å². The highest BCUT2D eigenvalue weighted by molar-refractivity contribution is 5.94. The lowest BCUT2D eigenvalue weighted by molar-refractivity contribution is -0.117. The first kappa shape index (κ1) is 20.8. The molecule has 1 unspecified atom stereocenters. The maximum Gasteiger partial charge on any atom is 0.407 e. The molecule has 1 aliphatic rings. The molecule has 0 spiro atoms. The van der Waals surface area contributed by atoms with Crippen LogP contribution in [-0.4, -0.2) is 28.8 Å². The molecular formula is C22H26FN3O3. The number of alkyl halides is 1. The van der Waals surface area contributed by atoms with Crippen LogP contribution in [0.25, 0.3) is 11.1 Å². The highest BCUT2D eigenvalue weighted by atomic mass is 19.1. The first-order valence-electron chi connectivity index (χ1n) is 9.60. The molecule has 2 N–H and O–H groups in total. The Hall–Kier alpha value is -2.96. The normalized spacial score (nSPS) is 18.1. The molecule has 0 radical (unpaired) electrons. The van der Waals surface area contributed by atoms with Gasteiger partial charge in [-0.3, -0.25) is 4.79 Å². The van der Waals surface area contributed by atoms with E-state index in [0.29, 0.717) is 12.4 Å². The van der Waals surface area contributed by atoms with Crippen LogP contribution in [-0.2, 0) is 16.1 Å². The number of nitrogens with zero attached hydrogens (tertiary/aromatic N) is 1. The monoisotopic (exact) mass is 399 g/mol. The van der Waals surface area contributed by atoms with Crippen molar-refractivity contribution in [3.63, 3.8) is 0 Å². The number of hydrogen-bond donors (Lipinski definition) is 2. The van der Waals surface area contributed by atoms with Gasteiger partial charge in [0.05, 0.1) is 5.92 Å². The van der Waals surface area contributed by atoms with E-state index in [1.54, 1.807) is 12.3 Å². The molecule has 154 valence electrons. The zero-order valence-electron chi connectivity index (χ0n) is 17.1. The second kappa shape index (κ2) is 8.19. The Kier molecular flexibility index (Phi) is 5.86. The van der Waals surface area contributed by atoms with Crippen molar-refractivity contribution in [2.45, 2.75) is 52.4 Å². The lowest BCUT2D eigenvalue weighted by Gasteiger charge is -2.20. The number of nitrogens with one attached hydrogen (secondary N) is 2. The van der Waals surface area contributed by atoms with Gasteiger partial charge in [-0.2, -0.15) is 0 Å². The van der Waals surface area contributed by atoms with Crippen LogP contribution < -0.4 is 10.6 Å². The number of carbonyl (C=O) groups excluding carboxylic acids is 2.